The van der Waals surface area contributed by atoms with Gasteiger partial charge in [0.2, 0.25) is 11.6 Å². The fourth-order valence-corrected chi connectivity index (χ4v) is 6.33. The standard InChI is InChI=1S/C35H3BF22O2/c37-14-4-2-1-3-5(6(4)15(38)24(47)23(14)46)59-36(13-9(18(41)26(49)31(54)22(13)45)10-19(42)27(50)32(55)28(51)20(10)43)60-34-12-8(17(40)29(52)33(34)56)7-11(35(12,57)58)21(44)30(53)25(48)16(7)39/h1-3H. The first kappa shape index (κ1) is 41.9. The summed E-state index contributed by atoms with van der Waals surface area (Å²) in [7, 11) is -4.16. The van der Waals surface area contributed by atoms with E-state index in [2.05, 4.69) is 4.65 Å². The first-order chi connectivity index (χ1) is 27.9. The van der Waals surface area contributed by atoms with Gasteiger partial charge in [-0.25, -0.2) is 83.4 Å². The minimum Gasteiger partial charge on any atom is -0.521 e. The fourth-order valence-electron chi connectivity index (χ4n) is 6.33. The van der Waals surface area contributed by atoms with Crippen molar-refractivity contribution in [3.8, 4) is 33.8 Å². The monoisotopic (exact) mass is 884 g/mol. The lowest BCUT2D eigenvalue weighted by Crippen LogP contribution is -2.47. The van der Waals surface area contributed by atoms with Crippen LogP contribution in [0.4, 0.5) is 96.6 Å². The smallest absolute Gasteiger partial charge is 0.521 e. The molecule has 1 aliphatic carbocycles. The molecule has 6 aromatic rings. The van der Waals surface area contributed by atoms with Crippen molar-refractivity contribution < 1.29 is 106 Å². The Kier molecular flexibility index (Phi) is 9.69. The number of hydrogen-bond acceptors (Lipinski definition) is 2. The molecule has 0 heterocycles. The molecule has 60 heavy (non-hydrogen) atoms. The van der Waals surface area contributed by atoms with Crippen LogP contribution in [0.25, 0.3) is 33.0 Å². The molecule has 0 saturated carbocycles. The van der Waals surface area contributed by atoms with Gasteiger partial charge in [-0.05, 0) is 6.07 Å². The molecular weight excluding hydrogens is 881 g/mol. The Morgan fingerprint density at radius 3 is 1.30 bits per heavy atom. The van der Waals surface area contributed by atoms with E-state index in [-0.39, 0.29) is 6.07 Å². The lowest BCUT2D eigenvalue weighted by molar-refractivity contribution is 0.0404. The van der Waals surface area contributed by atoms with Crippen molar-refractivity contribution in [1.29, 1.82) is 0 Å². The number of alkyl halides is 2. The van der Waals surface area contributed by atoms with Crippen LogP contribution < -0.4 is 14.8 Å². The third kappa shape index (κ3) is 5.48. The molecule has 0 aliphatic heterocycles. The molecule has 1 aliphatic rings. The number of fused-ring (bicyclic) bond motifs is 4. The molecule has 0 spiro atoms. The molecule has 25 heteroatoms. The van der Waals surface area contributed by atoms with Crippen LogP contribution >= 0.6 is 0 Å². The molecule has 0 aromatic heterocycles. The quantitative estimate of drug-likeness (QED) is 0.0718. The summed E-state index contributed by atoms with van der Waals surface area (Å²) in [6, 6.07) is 1.03. The van der Waals surface area contributed by atoms with Crippen LogP contribution in [-0.4, -0.2) is 7.12 Å². The molecule has 312 valence electrons. The van der Waals surface area contributed by atoms with Crippen molar-refractivity contribution >= 4 is 23.4 Å². The van der Waals surface area contributed by atoms with Gasteiger partial charge in [0.05, 0.1) is 27.5 Å². The second-order valence-corrected chi connectivity index (χ2v) is 12.1. The van der Waals surface area contributed by atoms with Crippen molar-refractivity contribution in [3.05, 3.63) is 146 Å². The highest BCUT2D eigenvalue weighted by Crippen LogP contribution is 2.58. The van der Waals surface area contributed by atoms with Crippen molar-refractivity contribution in [2.75, 3.05) is 0 Å². The Hall–Kier alpha value is -6.30. The lowest BCUT2D eigenvalue weighted by atomic mass is 9.72. The van der Waals surface area contributed by atoms with Gasteiger partial charge >= 0.3 is 13.0 Å². The summed E-state index contributed by atoms with van der Waals surface area (Å²) in [6.07, 6.45) is 0. The molecule has 0 bridgehead atoms. The first-order valence-corrected chi connectivity index (χ1v) is 15.3. The molecule has 0 fully saturated rings. The maximum atomic E-state index is 16.0. The summed E-state index contributed by atoms with van der Waals surface area (Å²) < 4.78 is 339. The first-order valence-electron chi connectivity index (χ1n) is 15.3. The average Bonchev–Trinajstić information content (AvgIpc) is 3.47. The van der Waals surface area contributed by atoms with E-state index in [1.54, 1.807) is 0 Å². The molecule has 6 aromatic carbocycles. The highest BCUT2D eigenvalue weighted by atomic mass is 19.3. The van der Waals surface area contributed by atoms with Gasteiger partial charge < -0.3 is 9.31 Å². The summed E-state index contributed by atoms with van der Waals surface area (Å²) in [4.78, 5) is 0. The summed E-state index contributed by atoms with van der Waals surface area (Å²) in [6.45, 7) is 0. The highest BCUT2D eigenvalue weighted by Gasteiger charge is 2.56. The normalized spacial score (nSPS) is 13.0. The molecule has 0 saturated heterocycles. The molecule has 0 amide bonds. The zero-order chi connectivity index (χ0) is 44.5. The number of rotatable bonds is 6. The van der Waals surface area contributed by atoms with Gasteiger partial charge in [-0.15, -0.1) is 0 Å². The molecule has 0 atom stereocenters. The Labute approximate surface area is 314 Å². The van der Waals surface area contributed by atoms with Crippen molar-refractivity contribution in [2.45, 2.75) is 5.92 Å². The maximum absolute atomic E-state index is 16.0. The minimum absolute atomic E-state index is 0.206. The summed E-state index contributed by atoms with van der Waals surface area (Å²) in [5.74, 6) is -70.8. The fraction of sp³-hybridized carbons (Fsp3) is 0.0286. The number of benzene rings is 6. The van der Waals surface area contributed by atoms with Gasteiger partial charge in [0, 0.05) is 22.1 Å². The Bertz CT molecular complexity index is 2910. The van der Waals surface area contributed by atoms with E-state index in [1.807, 2.05) is 0 Å². The van der Waals surface area contributed by atoms with Crippen LogP contribution in [0.5, 0.6) is 11.5 Å². The van der Waals surface area contributed by atoms with Gasteiger partial charge in [0.15, 0.2) is 110 Å². The van der Waals surface area contributed by atoms with E-state index in [0.29, 0.717) is 12.1 Å². The van der Waals surface area contributed by atoms with Crippen LogP contribution in [0.15, 0.2) is 18.2 Å². The van der Waals surface area contributed by atoms with Crippen LogP contribution in [0, 0.1) is 116 Å². The van der Waals surface area contributed by atoms with E-state index < -0.39 is 191 Å². The third-order valence-corrected chi connectivity index (χ3v) is 8.94. The number of hydrogen-bond donors (Lipinski definition) is 0. The van der Waals surface area contributed by atoms with Crippen LogP contribution in [0.1, 0.15) is 11.1 Å². The molecular formula is C35H3BF22O2. The van der Waals surface area contributed by atoms with Gasteiger partial charge in [-0.3, -0.25) is 0 Å². The van der Waals surface area contributed by atoms with Crippen LogP contribution in [0.2, 0.25) is 0 Å². The summed E-state index contributed by atoms with van der Waals surface area (Å²) in [5.41, 5.74) is -18.9. The van der Waals surface area contributed by atoms with E-state index in [0.717, 1.165) is 0 Å². The van der Waals surface area contributed by atoms with Crippen molar-refractivity contribution in [3.63, 3.8) is 0 Å². The third-order valence-electron chi connectivity index (χ3n) is 8.94. The van der Waals surface area contributed by atoms with Gasteiger partial charge in [0.1, 0.15) is 5.75 Å². The number of halogens is 22. The Morgan fingerprint density at radius 1 is 0.350 bits per heavy atom. The molecule has 2 nitrogen and oxygen atoms in total. The van der Waals surface area contributed by atoms with Gasteiger partial charge in [0.25, 0.3) is 0 Å². The second-order valence-electron chi connectivity index (χ2n) is 12.1. The zero-order valence-corrected chi connectivity index (χ0v) is 27.4. The molecule has 0 N–H and O–H groups in total. The second kappa shape index (κ2) is 13.9. The lowest BCUT2D eigenvalue weighted by Gasteiger charge is -2.25. The van der Waals surface area contributed by atoms with Crippen molar-refractivity contribution in [1.82, 2.24) is 0 Å². The highest BCUT2D eigenvalue weighted by molar-refractivity contribution is 6.64. The predicted molar refractivity (Wildman–Crippen MR) is 157 cm³/mol. The topological polar surface area (TPSA) is 18.5 Å². The van der Waals surface area contributed by atoms with Gasteiger partial charge in [-0.2, -0.15) is 13.2 Å². The molecule has 7 rings (SSSR count). The molecule has 0 unspecified atom stereocenters. The van der Waals surface area contributed by atoms with Crippen molar-refractivity contribution in [2.24, 2.45) is 0 Å². The SMILES string of the molecule is Fc1c(F)c(F)c(-c2c(F)c(F)c(F)c(F)c2B(Oc2c(F)c(F)c(F)c3c2C(F)(F)c2c(F)c(F)c(F)c(F)c2-3)Oc2cccc3c(F)c(F)c(F)c(F)c23)c(F)c1F. The van der Waals surface area contributed by atoms with Crippen LogP contribution in [-0.2, 0) is 5.92 Å². The minimum atomic E-state index is -5.74. The van der Waals surface area contributed by atoms with E-state index in [1.165, 1.54) is 0 Å². The van der Waals surface area contributed by atoms with Gasteiger partial charge in [-0.1, -0.05) is 12.1 Å². The predicted octanol–water partition coefficient (Wildman–Crippen LogP) is 11.3. The van der Waals surface area contributed by atoms with E-state index >= 15 is 48.3 Å². The van der Waals surface area contributed by atoms with E-state index in [4.69, 9.17) is 4.65 Å². The maximum Gasteiger partial charge on any atom is 0.636 e. The van der Waals surface area contributed by atoms with Crippen LogP contribution in [0.3, 0.4) is 0 Å². The Morgan fingerprint density at radius 2 is 0.750 bits per heavy atom. The largest absolute Gasteiger partial charge is 0.636 e. The molecule has 0 radical (unpaired) electrons. The Balaban J connectivity index is 1.64. The zero-order valence-electron chi connectivity index (χ0n) is 27.4. The average molecular weight is 884 g/mol. The summed E-state index contributed by atoms with van der Waals surface area (Å²) >= 11 is 0. The summed E-state index contributed by atoms with van der Waals surface area (Å²) in [5, 5.41) is -3.20. The van der Waals surface area contributed by atoms with E-state index in [9.17, 15) is 48.3 Å².